The number of halogens is 2. The smallest absolute Gasteiger partial charge is 0.223 e. The quantitative estimate of drug-likeness (QED) is 0.875. The van der Waals surface area contributed by atoms with Crippen molar-refractivity contribution in [3.8, 4) is 11.3 Å². The number of aryl methyl sites for hydroxylation is 2. The summed E-state index contributed by atoms with van der Waals surface area (Å²) in [5.41, 5.74) is 8.08. The number of carbonyl (C=O) groups is 1. The van der Waals surface area contributed by atoms with Gasteiger partial charge in [-0.15, -0.1) is 24.8 Å². The fourth-order valence-electron chi connectivity index (χ4n) is 2.80. The first-order valence-electron chi connectivity index (χ1n) is 8.17. The third kappa shape index (κ3) is 5.73. The molecular formula is C18H25Cl2N3O2. The second-order valence-electron chi connectivity index (χ2n) is 6.20. The van der Waals surface area contributed by atoms with Crippen molar-refractivity contribution in [1.82, 2.24) is 9.88 Å². The van der Waals surface area contributed by atoms with E-state index in [0.717, 1.165) is 37.3 Å². The molecule has 7 heteroatoms. The Hall–Kier alpha value is -1.56. The van der Waals surface area contributed by atoms with Crippen LogP contribution in [0.5, 0.6) is 0 Å². The van der Waals surface area contributed by atoms with Crippen LogP contribution in [-0.2, 0) is 11.2 Å². The van der Waals surface area contributed by atoms with Crippen molar-refractivity contribution in [1.29, 1.82) is 0 Å². The maximum atomic E-state index is 12.2. The second kappa shape index (κ2) is 9.80. The summed E-state index contributed by atoms with van der Waals surface area (Å²) < 4.78 is 5.76. The zero-order valence-corrected chi connectivity index (χ0v) is 15.9. The number of nitrogens with zero attached hydrogens (tertiary/aromatic N) is 2. The molecule has 25 heavy (non-hydrogen) atoms. The van der Waals surface area contributed by atoms with Crippen molar-refractivity contribution in [2.75, 3.05) is 13.1 Å². The highest BCUT2D eigenvalue weighted by Gasteiger charge is 2.20. The van der Waals surface area contributed by atoms with Crippen LogP contribution >= 0.6 is 24.8 Å². The molecule has 1 aliphatic rings. The van der Waals surface area contributed by atoms with Crippen LogP contribution in [-0.4, -0.2) is 34.9 Å². The minimum absolute atomic E-state index is 0. The number of piperidine rings is 1. The molecule has 1 aromatic heterocycles. The van der Waals surface area contributed by atoms with E-state index < -0.39 is 0 Å². The maximum Gasteiger partial charge on any atom is 0.223 e. The Kier molecular flexibility index (Phi) is 8.42. The number of hydrogen-bond acceptors (Lipinski definition) is 4. The third-order valence-electron chi connectivity index (χ3n) is 4.33. The van der Waals surface area contributed by atoms with Crippen LogP contribution < -0.4 is 5.73 Å². The van der Waals surface area contributed by atoms with Crippen molar-refractivity contribution in [3.63, 3.8) is 0 Å². The zero-order chi connectivity index (χ0) is 16.2. The summed E-state index contributed by atoms with van der Waals surface area (Å²) in [5, 5.41) is 0. The lowest BCUT2D eigenvalue weighted by atomic mass is 10.1. The van der Waals surface area contributed by atoms with Gasteiger partial charge in [-0.1, -0.05) is 29.8 Å². The summed E-state index contributed by atoms with van der Waals surface area (Å²) in [4.78, 5) is 18.4. The van der Waals surface area contributed by atoms with E-state index in [1.165, 1.54) is 5.56 Å². The Balaban J connectivity index is 0.00000156. The molecule has 2 aromatic rings. The molecule has 2 heterocycles. The molecule has 0 unspecified atom stereocenters. The van der Waals surface area contributed by atoms with Gasteiger partial charge in [0.05, 0.1) is 6.20 Å². The monoisotopic (exact) mass is 385 g/mol. The topological polar surface area (TPSA) is 72.4 Å². The molecule has 0 aliphatic carbocycles. The first kappa shape index (κ1) is 21.5. The lowest BCUT2D eigenvalue weighted by Crippen LogP contribution is -2.42. The predicted octanol–water partition coefficient (Wildman–Crippen LogP) is 3.38. The van der Waals surface area contributed by atoms with Crippen molar-refractivity contribution >= 4 is 30.7 Å². The summed E-state index contributed by atoms with van der Waals surface area (Å²) in [6.07, 6.45) is 4.48. The summed E-state index contributed by atoms with van der Waals surface area (Å²) >= 11 is 0. The number of oxazole rings is 1. The van der Waals surface area contributed by atoms with Crippen LogP contribution in [0.15, 0.2) is 34.9 Å². The van der Waals surface area contributed by atoms with Crippen LogP contribution in [0.3, 0.4) is 0 Å². The number of aromatic nitrogens is 1. The highest BCUT2D eigenvalue weighted by Crippen LogP contribution is 2.21. The number of rotatable bonds is 4. The Morgan fingerprint density at radius 3 is 2.52 bits per heavy atom. The van der Waals surface area contributed by atoms with Gasteiger partial charge in [0.1, 0.15) is 0 Å². The van der Waals surface area contributed by atoms with Gasteiger partial charge in [0, 0.05) is 37.5 Å². The van der Waals surface area contributed by atoms with Crippen LogP contribution in [0.2, 0.25) is 0 Å². The minimum Gasteiger partial charge on any atom is -0.441 e. The first-order chi connectivity index (χ1) is 11.1. The lowest BCUT2D eigenvalue weighted by Gasteiger charge is -2.30. The standard InChI is InChI=1S/C18H23N3O2.2ClH/c1-13-2-4-14(5-3-13)16-12-20-17(23-16)6-7-18(22)21-10-8-15(19)9-11-21;;/h2-5,12,15H,6-11,19H2,1H3;2*1H. The zero-order valence-electron chi connectivity index (χ0n) is 14.3. The molecule has 138 valence electrons. The molecule has 0 atom stereocenters. The van der Waals surface area contributed by atoms with Crippen molar-refractivity contribution in [2.45, 2.75) is 38.6 Å². The van der Waals surface area contributed by atoms with Gasteiger partial charge in [-0.3, -0.25) is 4.79 Å². The normalized spacial score (nSPS) is 14.6. The number of nitrogens with two attached hydrogens (primary N) is 1. The molecule has 1 aromatic carbocycles. The van der Waals surface area contributed by atoms with Crippen LogP contribution in [0.4, 0.5) is 0 Å². The molecule has 0 radical (unpaired) electrons. The van der Waals surface area contributed by atoms with Crippen molar-refractivity contribution < 1.29 is 9.21 Å². The molecule has 0 saturated carbocycles. The molecule has 5 nitrogen and oxygen atoms in total. The van der Waals surface area contributed by atoms with Gasteiger partial charge in [0.15, 0.2) is 11.7 Å². The predicted molar refractivity (Wildman–Crippen MR) is 103 cm³/mol. The Morgan fingerprint density at radius 2 is 1.88 bits per heavy atom. The molecule has 0 bridgehead atoms. The summed E-state index contributed by atoms with van der Waals surface area (Å²) in [5.74, 6) is 1.52. The van der Waals surface area contributed by atoms with Crippen LogP contribution in [0, 0.1) is 6.92 Å². The van der Waals surface area contributed by atoms with Crippen LogP contribution in [0.25, 0.3) is 11.3 Å². The van der Waals surface area contributed by atoms with E-state index in [2.05, 4.69) is 11.9 Å². The Morgan fingerprint density at radius 1 is 1.24 bits per heavy atom. The molecular weight excluding hydrogens is 361 g/mol. The van der Waals surface area contributed by atoms with Gasteiger partial charge in [0.2, 0.25) is 5.91 Å². The summed E-state index contributed by atoms with van der Waals surface area (Å²) in [6.45, 7) is 3.58. The average molecular weight is 386 g/mol. The highest BCUT2D eigenvalue weighted by molar-refractivity contribution is 5.85. The van der Waals surface area contributed by atoms with Gasteiger partial charge in [0.25, 0.3) is 0 Å². The number of likely N-dealkylation sites (tertiary alicyclic amines) is 1. The minimum atomic E-state index is 0. The molecule has 1 fully saturated rings. The molecule has 1 saturated heterocycles. The molecule has 1 amide bonds. The van der Waals surface area contributed by atoms with Gasteiger partial charge in [-0.05, 0) is 19.8 Å². The lowest BCUT2D eigenvalue weighted by molar-refractivity contribution is -0.132. The van der Waals surface area contributed by atoms with E-state index in [1.807, 2.05) is 29.2 Å². The largest absolute Gasteiger partial charge is 0.441 e. The second-order valence-corrected chi connectivity index (χ2v) is 6.20. The third-order valence-corrected chi connectivity index (χ3v) is 4.33. The molecule has 2 N–H and O–H groups in total. The van der Waals surface area contributed by atoms with Gasteiger partial charge < -0.3 is 15.1 Å². The Labute approximate surface area is 160 Å². The average Bonchev–Trinajstić information content (AvgIpc) is 3.03. The molecule has 3 rings (SSSR count). The van der Waals surface area contributed by atoms with Gasteiger partial charge >= 0.3 is 0 Å². The van der Waals surface area contributed by atoms with Crippen molar-refractivity contribution in [2.24, 2.45) is 5.73 Å². The fraction of sp³-hybridized carbons (Fsp3) is 0.444. The van der Waals surface area contributed by atoms with E-state index in [4.69, 9.17) is 10.2 Å². The first-order valence-corrected chi connectivity index (χ1v) is 8.17. The molecule has 1 aliphatic heterocycles. The van der Waals surface area contributed by atoms with E-state index in [1.54, 1.807) is 6.20 Å². The highest BCUT2D eigenvalue weighted by atomic mass is 35.5. The maximum absolute atomic E-state index is 12.2. The van der Waals surface area contributed by atoms with E-state index in [-0.39, 0.29) is 36.8 Å². The Bertz CT molecular complexity index is 665. The van der Waals surface area contributed by atoms with E-state index in [9.17, 15) is 4.79 Å². The van der Waals surface area contributed by atoms with E-state index >= 15 is 0 Å². The van der Waals surface area contributed by atoms with Crippen LogP contribution in [0.1, 0.15) is 30.7 Å². The number of hydrogen-bond donors (Lipinski definition) is 1. The summed E-state index contributed by atoms with van der Waals surface area (Å²) in [7, 11) is 0. The summed E-state index contributed by atoms with van der Waals surface area (Å²) in [6, 6.07) is 8.36. The van der Waals surface area contributed by atoms with Crippen molar-refractivity contribution in [3.05, 3.63) is 41.9 Å². The fourth-order valence-corrected chi connectivity index (χ4v) is 2.80. The SMILES string of the molecule is Cc1ccc(-c2cnc(CCC(=O)N3CCC(N)CC3)o2)cc1.Cl.Cl. The van der Waals surface area contributed by atoms with Gasteiger partial charge in [-0.25, -0.2) is 4.98 Å². The molecule has 0 spiro atoms. The van der Waals surface area contributed by atoms with Gasteiger partial charge in [-0.2, -0.15) is 0 Å². The number of benzene rings is 1. The number of amides is 1. The van der Waals surface area contributed by atoms with E-state index in [0.29, 0.717) is 18.7 Å². The number of carbonyl (C=O) groups excluding carboxylic acids is 1.